The number of nitriles is 1. The van der Waals surface area contributed by atoms with E-state index in [1.807, 2.05) is 24.3 Å². The van der Waals surface area contributed by atoms with Crippen molar-refractivity contribution in [1.29, 1.82) is 5.26 Å². The number of nitro groups is 1. The summed E-state index contributed by atoms with van der Waals surface area (Å²) >= 11 is 0. The first-order valence-corrected chi connectivity index (χ1v) is 8.61. The van der Waals surface area contributed by atoms with E-state index in [-0.39, 0.29) is 5.69 Å². The molecule has 1 aliphatic heterocycles. The number of methoxy groups -OCH3 is 1. The zero-order valence-electron chi connectivity index (χ0n) is 15.0. The van der Waals surface area contributed by atoms with E-state index in [4.69, 9.17) is 4.74 Å². The van der Waals surface area contributed by atoms with Crippen molar-refractivity contribution < 1.29 is 9.66 Å². The molecule has 27 heavy (non-hydrogen) atoms. The monoisotopic (exact) mass is 364 g/mol. The summed E-state index contributed by atoms with van der Waals surface area (Å²) in [5.74, 6) is 0.816. The van der Waals surface area contributed by atoms with Gasteiger partial charge < -0.3 is 14.5 Å². The van der Waals surface area contributed by atoms with Gasteiger partial charge in [-0.2, -0.15) is 5.26 Å². The van der Waals surface area contributed by atoms with Crippen molar-refractivity contribution in [2.45, 2.75) is 0 Å². The zero-order valence-corrected chi connectivity index (χ0v) is 15.0. The molecule has 7 nitrogen and oxygen atoms in total. The molecular formula is C20H20N4O3. The van der Waals surface area contributed by atoms with Crippen LogP contribution in [-0.2, 0) is 0 Å². The highest BCUT2D eigenvalue weighted by atomic mass is 16.6. The third-order valence-electron chi connectivity index (χ3n) is 4.59. The number of benzene rings is 2. The van der Waals surface area contributed by atoms with Gasteiger partial charge in [-0.15, -0.1) is 0 Å². The lowest BCUT2D eigenvalue weighted by atomic mass is 10.1. The number of anilines is 1. The van der Waals surface area contributed by atoms with Crippen LogP contribution in [0.5, 0.6) is 5.75 Å². The van der Waals surface area contributed by atoms with Crippen LogP contribution in [0.25, 0.3) is 5.70 Å². The Balaban J connectivity index is 1.76. The smallest absolute Gasteiger partial charge is 0.270 e. The quantitative estimate of drug-likeness (QED) is 0.460. The normalized spacial score (nSPS) is 14.6. The molecule has 0 unspecified atom stereocenters. The van der Waals surface area contributed by atoms with Gasteiger partial charge in [0.25, 0.3) is 5.69 Å². The fourth-order valence-corrected chi connectivity index (χ4v) is 3.21. The van der Waals surface area contributed by atoms with Crippen LogP contribution in [0.1, 0.15) is 5.56 Å². The highest BCUT2D eigenvalue weighted by Gasteiger charge is 2.21. The maximum atomic E-state index is 11.1. The highest BCUT2D eigenvalue weighted by molar-refractivity contribution is 5.68. The summed E-state index contributed by atoms with van der Waals surface area (Å²) in [5.41, 5.74) is 2.51. The maximum absolute atomic E-state index is 11.1. The second kappa shape index (κ2) is 8.23. The molecule has 0 aromatic heterocycles. The lowest BCUT2D eigenvalue weighted by molar-refractivity contribution is -0.384. The van der Waals surface area contributed by atoms with Crippen LogP contribution >= 0.6 is 0 Å². The molecule has 0 aliphatic carbocycles. The Morgan fingerprint density at radius 1 is 1.19 bits per heavy atom. The average Bonchev–Trinajstić information content (AvgIpc) is 2.72. The van der Waals surface area contributed by atoms with Crippen molar-refractivity contribution in [2.24, 2.45) is 0 Å². The number of nitrogens with zero attached hydrogens (tertiary/aromatic N) is 4. The molecular weight excluding hydrogens is 344 g/mol. The van der Waals surface area contributed by atoms with Crippen molar-refractivity contribution in [3.63, 3.8) is 0 Å². The molecule has 1 fully saturated rings. The third kappa shape index (κ3) is 4.18. The predicted octanol–water partition coefficient (Wildman–Crippen LogP) is 3.29. The van der Waals surface area contributed by atoms with E-state index in [2.05, 4.69) is 15.9 Å². The lowest BCUT2D eigenvalue weighted by Crippen LogP contribution is -2.45. The largest absolute Gasteiger partial charge is 0.497 e. The second-order valence-electron chi connectivity index (χ2n) is 6.14. The molecule has 138 valence electrons. The Bertz CT molecular complexity index is 896. The fourth-order valence-electron chi connectivity index (χ4n) is 3.21. The number of allylic oxidation sites excluding steroid dienone is 1. The van der Waals surface area contributed by atoms with Crippen LogP contribution in [-0.4, -0.2) is 43.1 Å². The minimum atomic E-state index is -0.422. The number of non-ortho nitro benzene ring substituents is 1. The van der Waals surface area contributed by atoms with E-state index in [1.54, 1.807) is 19.2 Å². The number of hydrogen-bond donors (Lipinski definition) is 0. The van der Waals surface area contributed by atoms with Crippen LogP contribution in [0.3, 0.4) is 0 Å². The van der Waals surface area contributed by atoms with E-state index >= 15 is 0 Å². The first-order chi connectivity index (χ1) is 13.1. The number of piperazine rings is 1. The van der Waals surface area contributed by atoms with Gasteiger partial charge in [-0.05, 0) is 12.1 Å². The predicted molar refractivity (Wildman–Crippen MR) is 103 cm³/mol. The molecule has 3 rings (SSSR count). The van der Waals surface area contributed by atoms with Gasteiger partial charge in [0, 0.05) is 61.7 Å². The van der Waals surface area contributed by atoms with Crippen molar-refractivity contribution in [1.82, 2.24) is 4.90 Å². The van der Waals surface area contributed by atoms with Crippen LogP contribution in [0.4, 0.5) is 11.4 Å². The summed E-state index contributed by atoms with van der Waals surface area (Å²) in [6, 6.07) is 16.4. The summed E-state index contributed by atoms with van der Waals surface area (Å²) < 4.78 is 5.29. The SMILES string of the molecule is COc1cccc(N2CCN(/C(=C\C#N)c3cccc([N+](=O)[O-])c3)CC2)c1. The number of rotatable bonds is 5. The molecule has 1 aliphatic rings. The van der Waals surface area contributed by atoms with Gasteiger partial charge in [-0.3, -0.25) is 10.1 Å². The van der Waals surface area contributed by atoms with E-state index in [0.29, 0.717) is 24.4 Å². The summed E-state index contributed by atoms with van der Waals surface area (Å²) in [4.78, 5) is 15.0. The molecule has 0 saturated carbocycles. The minimum Gasteiger partial charge on any atom is -0.497 e. The summed E-state index contributed by atoms with van der Waals surface area (Å²) in [7, 11) is 1.65. The van der Waals surface area contributed by atoms with Crippen molar-refractivity contribution in [3.8, 4) is 11.8 Å². The third-order valence-corrected chi connectivity index (χ3v) is 4.59. The molecule has 0 bridgehead atoms. The number of hydrogen-bond acceptors (Lipinski definition) is 6. The lowest BCUT2D eigenvalue weighted by Gasteiger charge is -2.38. The molecule has 0 radical (unpaired) electrons. The summed E-state index contributed by atoms with van der Waals surface area (Å²) in [6.45, 7) is 3.00. The topological polar surface area (TPSA) is 82.6 Å². The molecule has 2 aromatic rings. The first kappa shape index (κ1) is 18.3. The Labute approximate surface area is 157 Å². The molecule has 0 amide bonds. The minimum absolute atomic E-state index is 0.0198. The fraction of sp³-hybridized carbons (Fsp3) is 0.250. The van der Waals surface area contributed by atoms with Gasteiger partial charge in [0.2, 0.25) is 0 Å². The molecule has 2 aromatic carbocycles. The van der Waals surface area contributed by atoms with E-state index in [1.165, 1.54) is 18.2 Å². The Morgan fingerprint density at radius 3 is 2.59 bits per heavy atom. The molecule has 7 heteroatoms. The van der Waals surface area contributed by atoms with Crippen LogP contribution in [0, 0.1) is 21.4 Å². The Kier molecular flexibility index (Phi) is 5.57. The standard InChI is InChI=1S/C20H20N4O3/c1-27-19-7-3-5-17(15-19)22-10-12-23(13-11-22)20(8-9-21)16-4-2-6-18(14-16)24(25)26/h2-8,14-15H,10-13H2,1H3/b20-8-. The Morgan fingerprint density at radius 2 is 1.93 bits per heavy atom. The second-order valence-corrected chi connectivity index (χ2v) is 6.14. The first-order valence-electron chi connectivity index (χ1n) is 8.61. The highest BCUT2D eigenvalue weighted by Crippen LogP contribution is 2.27. The van der Waals surface area contributed by atoms with Gasteiger partial charge in [0.15, 0.2) is 0 Å². The molecule has 1 saturated heterocycles. The molecule has 0 spiro atoms. The zero-order chi connectivity index (χ0) is 19.2. The molecule has 0 atom stereocenters. The summed E-state index contributed by atoms with van der Waals surface area (Å²) in [6.07, 6.45) is 1.46. The van der Waals surface area contributed by atoms with E-state index < -0.39 is 4.92 Å². The number of ether oxygens (including phenoxy) is 1. The van der Waals surface area contributed by atoms with Crippen molar-refractivity contribution in [2.75, 3.05) is 38.2 Å². The maximum Gasteiger partial charge on any atom is 0.270 e. The molecule has 1 heterocycles. The Hall–Kier alpha value is -3.53. The van der Waals surface area contributed by atoms with Crippen LogP contribution in [0.2, 0.25) is 0 Å². The van der Waals surface area contributed by atoms with Crippen LogP contribution < -0.4 is 9.64 Å². The van der Waals surface area contributed by atoms with Gasteiger partial charge in [-0.1, -0.05) is 18.2 Å². The van der Waals surface area contributed by atoms with Gasteiger partial charge in [0.1, 0.15) is 5.75 Å². The van der Waals surface area contributed by atoms with Gasteiger partial charge in [-0.25, -0.2) is 0 Å². The van der Waals surface area contributed by atoms with Crippen molar-refractivity contribution in [3.05, 3.63) is 70.3 Å². The molecule has 0 N–H and O–H groups in total. The van der Waals surface area contributed by atoms with Crippen LogP contribution in [0.15, 0.2) is 54.6 Å². The van der Waals surface area contributed by atoms with Gasteiger partial charge in [0.05, 0.1) is 23.8 Å². The van der Waals surface area contributed by atoms with Gasteiger partial charge >= 0.3 is 0 Å². The van der Waals surface area contributed by atoms with Crippen molar-refractivity contribution >= 4 is 17.1 Å². The van der Waals surface area contributed by atoms with E-state index in [0.717, 1.165) is 24.5 Å². The average molecular weight is 364 g/mol. The summed E-state index contributed by atoms with van der Waals surface area (Å²) in [5, 5.41) is 20.2. The number of nitro benzene ring substituents is 1. The van der Waals surface area contributed by atoms with E-state index in [9.17, 15) is 15.4 Å².